The van der Waals surface area contributed by atoms with Gasteiger partial charge in [-0.1, -0.05) is 29.8 Å². The van der Waals surface area contributed by atoms with Crippen LogP contribution in [0.4, 0.5) is 8.78 Å². The molecule has 4 aliphatic carbocycles. The molecule has 2 fully saturated rings. The number of piperidine rings is 1. The van der Waals surface area contributed by atoms with Crippen molar-refractivity contribution in [2.45, 2.75) is 37.6 Å². The van der Waals surface area contributed by atoms with Crippen molar-refractivity contribution in [3.05, 3.63) is 76.2 Å². The summed E-state index contributed by atoms with van der Waals surface area (Å²) in [6.07, 6.45) is 12.3. The zero-order chi connectivity index (χ0) is 25.9. The minimum absolute atomic E-state index is 0.0446. The van der Waals surface area contributed by atoms with Crippen LogP contribution in [0.25, 0.3) is 5.57 Å². The molecule has 0 bridgehead atoms. The van der Waals surface area contributed by atoms with Gasteiger partial charge in [0.2, 0.25) is 5.91 Å². The van der Waals surface area contributed by atoms with Gasteiger partial charge in [-0.15, -0.1) is 0 Å². The Bertz CT molecular complexity index is 1320. The summed E-state index contributed by atoms with van der Waals surface area (Å²) in [4.78, 5) is 14.0. The van der Waals surface area contributed by atoms with E-state index >= 15 is 0 Å². The van der Waals surface area contributed by atoms with Gasteiger partial charge in [0.05, 0.1) is 11.6 Å². The van der Waals surface area contributed by atoms with E-state index in [1.807, 2.05) is 24.3 Å². The first-order chi connectivity index (χ1) is 17.8. The number of carbonyl (C=O) groups is 1. The molecule has 0 spiro atoms. The first kappa shape index (κ1) is 24.4. The third-order valence-corrected chi connectivity index (χ3v) is 8.53. The number of allylic oxidation sites excluding steroid dienone is 10. The predicted octanol–water partition coefficient (Wildman–Crippen LogP) is 4.17. The number of alkyl halides is 2. The molecule has 5 aliphatic rings. The molecule has 0 aromatic carbocycles. The number of aryl methyl sites for hydroxylation is 1. The number of carbonyl (C=O) groups excluding carboxylic acids is 1. The van der Waals surface area contributed by atoms with Gasteiger partial charge < -0.3 is 15.7 Å². The molecule has 1 saturated heterocycles. The number of aromatic hydroxyl groups is 1. The number of hydrogen-bond donors (Lipinski definition) is 3. The molecule has 6 rings (SSSR count). The standard InChI is InChI=1S/C28H29ClF2N4O2/c1-35-26(25(36)14-33-35)17-8-18-12-28(18,21(10-17)16-2-4-19(29)9-16)27(37)34-24-13-32-7-6-20(24)15-3-5-22(30)23(31)11-15/h2-3,5,8-11,14,18,20,22-24,32,36H,4,6-7,12-13H2,1H3,(H,34,37)/t18?,20-,22?,23?,24?,28?/m0/s1. The molecule has 37 heavy (non-hydrogen) atoms. The van der Waals surface area contributed by atoms with E-state index in [-0.39, 0.29) is 29.5 Å². The van der Waals surface area contributed by atoms with Gasteiger partial charge >= 0.3 is 0 Å². The second kappa shape index (κ2) is 9.10. The van der Waals surface area contributed by atoms with Gasteiger partial charge in [-0.25, -0.2) is 8.78 Å². The number of aromatic nitrogens is 2. The summed E-state index contributed by atoms with van der Waals surface area (Å²) >= 11 is 6.32. The Morgan fingerprint density at radius 3 is 2.81 bits per heavy atom. The third kappa shape index (κ3) is 4.10. The molecule has 3 N–H and O–H groups in total. The minimum Gasteiger partial charge on any atom is -0.504 e. The van der Waals surface area contributed by atoms with Gasteiger partial charge in [0.1, 0.15) is 5.69 Å². The Morgan fingerprint density at radius 1 is 1.27 bits per heavy atom. The first-order valence-corrected chi connectivity index (χ1v) is 13.1. The number of fused-ring (bicyclic) bond motifs is 1. The highest BCUT2D eigenvalue weighted by Crippen LogP contribution is 2.64. The zero-order valence-electron chi connectivity index (χ0n) is 20.4. The molecule has 0 radical (unpaired) electrons. The van der Waals surface area contributed by atoms with Crippen LogP contribution in [0.5, 0.6) is 5.75 Å². The van der Waals surface area contributed by atoms with Crippen LogP contribution in [0.15, 0.2) is 70.5 Å². The van der Waals surface area contributed by atoms with Crippen LogP contribution in [0.1, 0.15) is 25.0 Å². The van der Waals surface area contributed by atoms with Gasteiger partial charge in [-0.05, 0) is 66.3 Å². The van der Waals surface area contributed by atoms with Crippen molar-refractivity contribution in [2.75, 3.05) is 13.1 Å². The van der Waals surface area contributed by atoms with Gasteiger partial charge in [0.25, 0.3) is 0 Å². The second-order valence-electron chi connectivity index (χ2n) is 10.5. The quantitative estimate of drug-likeness (QED) is 0.538. The zero-order valence-corrected chi connectivity index (χ0v) is 21.2. The second-order valence-corrected chi connectivity index (χ2v) is 11.0. The minimum atomic E-state index is -1.66. The molecule has 1 aromatic rings. The molecule has 194 valence electrons. The number of hydrogen-bond acceptors (Lipinski definition) is 4. The normalized spacial score (nSPS) is 34.6. The number of rotatable bonds is 5. The van der Waals surface area contributed by atoms with Crippen molar-refractivity contribution in [1.82, 2.24) is 20.4 Å². The lowest BCUT2D eigenvalue weighted by Gasteiger charge is -2.36. The van der Waals surface area contributed by atoms with Crippen molar-refractivity contribution in [1.29, 1.82) is 0 Å². The largest absolute Gasteiger partial charge is 0.504 e. The number of halogens is 3. The molecule has 6 atom stereocenters. The highest BCUT2D eigenvalue weighted by atomic mass is 35.5. The fourth-order valence-electron chi connectivity index (χ4n) is 6.26. The Kier molecular flexibility index (Phi) is 5.99. The van der Waals surface area contributed by atoms with Crippen molar-refractivity contribution in [2.24, 2.45) is 24.3 Å². The fraction of sp³-hybridized carbons (Fsp3) is 0.429. The van der Waals surface area contributed by atoms with Gasteiger partial charge in [0, 0.05) is 42.6 Å². The maximum atomic E-state index is 14.1. The first-order valence-electron chi connectivity index (χ1n) is 12.7. The Hall–Kier alpha value is -2.97. The van der Waals surface area contributed by atoms with E-state index in [0.29, 0.717) is 30.1 Å². The highest BCUT2D eigenvalue weighted by Gasteiger charge is 2.63. The maximum absolute atomic E-state index is 14.1. The maximum Gasteiger partial charge on any atom is 0.231 e. The van der Waals surface area contributed by atoms with E-state index in [1.54, 1.807) is 17.8 Å². The molecule has 1 aliphatic heterocycles. The van der Waals surface area contributed by atoms with Crippen LogP contribution in [0.2, 0.25) is 0 Å². The molecule has 1 amide bonds. The topological polar surface area (TPSA) is 79.2 Å². The summed E-state index contributed by atoms with van der Waals surface area (Å²) in [5.74, 6) is -0.140. The van der Waals surface area contributed by atoms with Crippen molar-refractivity contribution in [3.8, 4) is 5.75 Å². The van der Waals surface area contributed by atoms with Gasteiger partial charge in [0.15, 0.2) is 18.1 Å². The Balaban J connectivity index is 1.31. The van der Waals surface area contributed by atoms with E-state index in [2.05, 4.69) is 15.7 Å². The molecule has 6 nitrogen and oxygen atoms in total. The van der Waals surface area contributed by atoms with Crippen molar-refractivity contribution < 1.29 is 18.7 Å². The highest BCUT2D eigenvalue weighted by molar-refractivity contribution is 6.30. The molecular formula is C28H29ClF2N4O2. The predicted molar refractivity (Wildman–Crippen MR) is 138 cm³/mol. The third-order valence-electron chi connectivity index (χ3n) is 8.27. The Labute approximate surface area is 219 Å². The van der Waals surface area contributed by atoms with Crippen LogP contribution < -0.4 is 10.6 Å². The number of amides is 1. The fourth-order valence-corrected chi connectivity index (χ4v) is 6.45. The summed E-state index contributed by atoms with van der Waals surface area (Å²) in [6, 6.07) is -0.249. The van der Waals surface area contributed by atoms with E-state index < -0.39 is 17.8 Å². The molecular weight excluding hydrogens is 498 g/mol. The monoisotopic (exact) mass is 526 g/mol. The van der Waals surface area contributed by atoms with Crippen LogP contribution in [-0.2, 0) is 11.8 Å². The summed E-state index contributed by atoms with van der Waals surface area (Å²) in [6.45, 7) is 1.30. The van der Waals surface area contributed by atoms with Crippen LogP contribution in [-0.4, -0.2) is 52.3 Å². The molecule has 2 heterocycles. The van der Waals surface area contributed by atoms with Gasteiger partial charge in [-0.2, -0.15) is 5.10 Å². The molecule has 1 saturated carbocycles. The lowest BCUT2D eigenvalue weighted by Crippen LogP contribution is -2.53. The molecule has 5 unspecified atom stereocenters. The van der Waals surface area contributed by atoms with Crippen LogP contribution in [0.3, 0.4) is 0 Å². The van der Waals surface area contributed by atoms with Crippen LogP contribution >= 0.6 is 11.6 Å². The lowest BCUT2D eigenvalue weighted by atomic mass is 9.79. The van der Waals surface area contributed by atoms with Crippen LogP contribution in [0, 0.1) is 17.3 Å². The molecule has 1 aromatic heterocycles. The Morgan fingerprint density at radius 2 is 2.11 bits per heavy atom. The van der Waals surface area contributed by atoms with E-state index in [4.69, 9.17) is 11.6 Å². The van der Waals surface area contributed by atoms with Crippen molar-refractivity contribution in [3.63, 3.8) is 0 Å². The SMILES string of the molecule is Cn1ncc(O)c1C1=CC2CC2(C(=O)NC2CNCC[C@H]2C2=CC(F)C(F)C=C2)C(C2=CCC(Cl)=C2)=C1. The smallest absolute Gasteiger partial charge is 0.231 e. The summed E-state index contributed by atoms with van der Waals surface area (Å²) < 4.78 is 29.4. The van der Waals surface area contributed by atoms with E-state index in [0.717, 1.165) is 35.3 Å². The summed E-state index contributed by atoms with van der Waals surface area (Å²) in [5.41, 5.74) is 3.21. The van der Waals surface area contributed by atoms with E-state index in [1.165, 1.54) is 18.3 Å². The average Bonchev–Trinajstić information content (AvgIpc) is 3.33. The van der Waals surface area contributed by atoms with Gasteiger partial charge in [-0.3, -0.25) is 9.48 Å². The summed E-state index contributed by atoms with van der Waals surface area (Å²) in [7, 11) is 1.77. The number of nitrogens with one attached hydrogen (secondary N) is 2. The van der Waals surface area contributed by atoms with E-state index in [9.17, 15) is 18.7 Å². The average molecular weight is 527 g/mol. The molecule has 9 heteroatoms. The lowest BCUT2D eigenvalue weighted by molar-refractivity contribution is -0.126. The number of nitrogens with zero attached hydrogens (tertiary/aromatic N) is 2. The van der Waals surface area contributed by atoms with Crippen molar-refractivity contribution >= 4 is 23.1 Å². The summed E-state index contributed by atoms with van der Waals surface area (Å²) in [5, 5.41) is 21.9.